The molecule has 1 N–H and O–H groups in total. The molecule has 2 heterocycles. The van der Waals surface area contributed by atoms with E-state index < -0.39 is 5.56 Å². The molecular weight excluding hydrogens is 320 g/mol. The Labute approximate surface area is 146 Å². The SMILES string of the molecule is Cc1cc(C)n(CCOC(=O)CCc2c(C)[nH]c(=O)c(C#N)c2C)n1. The van der Waals surface area contributed by atoms with Gasteiger partial charge in [-0.3, -0.25) is 14.3 Å². The van der Waals surface area contributed by atoms with Crippen LogP contribution in [0.1, 0.15) is 40.2 Å². The molecule has 0 unspecified atom stereocenters. The van der Waals surface area contributed by atoms with Crippen molar-refractivity contribution < 1.29 is 9.53 Å². The number of aromatic amines is 1. The Kier molecular flexibility index (Phi) is 5.75. The van der Waals surface area contributed by atoms with Gasteiger partial charge >= 0.3 is 5.97 Å². The van der Waals surface area contributed by atoms with Crippen molar-refractivity contribution in [3.8, 4) is 6.07 Å². The third kappa shape index (κ3) is 4.35. The van der Waals surface area contributed by atoms with E-state index in [1.807, 2.05) is 26.0 Å². The number of ether oxygens (including phenoxy) is 1. The second kappa shape index (κ2) is 7.79. The highest BCUT2D eigenvalue weighted by Gasteiger charge is 2.14. The predicted octanol–water partition coefficient (Wildman–Crippen LogP) is 1.85. The highest BCUT2D eigenvalue weighted by Crippen LogP contribution is 2.15. The monoisotopic (exact) mass is 342 g/mol. The summed E-state index contributed by atoms with van der Waals surface area (Å²) >= 11 is 0. The zero-order chi connectivity index (χ0) is 18.6. The number of esters is 1. The van der Waals surface area contributed by atoms with E-state index >= 15 is 0 Å². The van der Waals surface area contributed by atoms with E-state index in [0.717, 1.165) is 17.0 Å². The van der Waals surface area contributed by atoms with Crippen molar-refractivity contribution >= 4 is 5.97 Å². The number of H-pyrrole nitrogens is 1. The number of aromatic nitrogens is 3. The van der Waals surface area contributed by atoms with Gasteiger partial charge in [0.25, 0.3) is 5.56 Å². The Morgan fingerprint density at radius 1 is 1.36 bits per heavy atom. The summed E-state index contributed by atoms with van der Waals surface area (Å²) in [5, 5.41) is 13.4. The molecule has 0 atom stereocenters. The van der Waals surface area contributed by atoms with Crippen LogP contribution in [0.4, 0.5) is 0 Å². The maximum absolute atomic E-state index is 12.0. The lowest BCUT2D eigenvalue weighted by Gasteiger charge is -2.11. The Morgan fingerprint density at radius 3 is 2.68 bits per heavy atom. The summed E-state index contributed by atoms with van der Waals surface area (Å²) in [6, 6.07) is 3.88. The fourth-order valence-electron chi connectivity index (χ4n) is 2.87. The molecule has 0 radical (unpaired) electrons. The number of hydrogen-bond donors (Lipinski definition) is 1. The average Bonchev–Trinajstić information content (AvgIpc) is 2.85. The first-order chi connectivity index (χ1) is 11.8. The van der Waals surface area contributed by atoms with E-state index in [1.54, 1.807) is 18.5 Å². The number of hydrogen-bond acceptors (Lipinski definition) is 5. The first-order valence-corrected chi connectivity index (χ1v) is 8.12. The Bertz CT molecular complexity index is 887. The molecule has 0 spiro atoms. The molecule has 0 fully saturated rings. The van der Waals surface area contributed by atoms with E-state index in [9.17, 15) is 9.59 Å². The summed E-state index contributed by atoms with van der Waals surface area (Å²) < 4.78 is 7.06. The van der Waals surface area contributed by atoms with Gasteiger partial charge in [-0.15, -0.1) is 0 Å². The smallest absolute Gasteiger partial charge is 0.306 e. The Morgan fingerprint density at radius 2 is 2.08 bits per heavy atom. The third-order valence-corrected chi connectivity index (χ3v) is 4.17. The van der Waals surface area contributed by atoms with Crippen molar-refractivity contribution in [2.24, 2.45) is 0 Å². The van der Waals surface area contributed by atoms with Gasteiger partial charge in [0.1, 0.15) is 18.2 Å². The molecule has 2 aromatic heterocycles. The van der Waals surface area contributed by atoms with Gasteiger partial charge in [0.05, 0.1) is 12.2 Å². The van der Waals surface area contributed by atoms with Crippen LogP contribution in [-0.4, -0.2) is 27.3 Å². The number of carbonyl (C=O) groups is 1. The van der Waals surface area contributed by atoms with Crippen molar-refractivity contribution in [2.45, 2.75) is 47.1 Å². The fraction of sp³-hybridized carbons (Fsp3) is 0.444. The van der Waals surface area contributed by atoms with Crippen LogP contribution in [0, 0.1) is 39.0 Å². The van der Waals surface area contributed by atoms with Crippen LogP contribution in [-0.2, 0) is 22.5 Å². The lowest BCUT2D eigenvalue weighted by atomic mass is 9.99. The Hall–Kier alpha value is -2.88. The largest absolute Gasteiger partial charge is 0.464 e. The molecule has 0 amide bonds. The summed E-state index contributed by atoms with van der Waals surface area (Å²) in [4.78, 5) is 26.3. The lowest BCUT2D eigenvalue weighted by Crippen LogP contribution is -2.18. The molecule has 0 saturated carbocycles. The number of nitrogens with zero attached hydrogens (tertiary/aromatic N) is 3. The van der Waals surface area contributed by atoms with Crippen LogP contribution < -0.4 is 5.56 Å². The van der Waals surface area contributed by atoms with Crippen LogP contribution in [0.3, 0.4) is 0 Å². The molecular formula is C18H22N4O3. The van der Waals surface area contributed by atoms with Gasteiger partial charge < -0.3 is 9.72 Å². The molecule has 0 aliphatic heterocycles. The topological polar surface area (TPSA) is 101 Å². The van der Waals surface area contributed by atoms with E-state index in [4.69, 9.17) is 10.00 Å². The summed E-state index contributed by atoms with van der Waals surface area (Å²) in [7, 11) is 0. The number of pyridine rings is 1. The standard InChI is InChI=1S/C18H22N4O3/c1-11-9-12(2)22(21-11)7-8-25-17(23)6-5-15-13(3)16(10-19)18(24)20-14(15)4/h9H,5-8H2,1-4H3,(H,20,24). The van der Waals surface area contributed by atoms with Gasteiger partial charge in [-0.1, -0.05) is 0 Å². The second-order valence-electron chi connectivity index (χ2n) is 6.04. The highest BCUT2D eigenvalue weighted by molar-refractivity contribution is 5.69. The molecule has 0 aromatic carbocycles. The molecule has 2 rings (SSSR count). The lowest BCUT2D eigenvalue weighted by molar-refractivity contribution is -0.143. The van der Waals surface area contributed by atoms with Gasteiger partial charge in [0.2, 0.25) is 0 Å². The van der Waals surface area contributed by atoms with Crippen LogP contribution in [0.5, 0.6) is 0 Å². The summed E-state index contributed by atoms with van der Waals surface area (Å²) in [6.45, 7) is 8.13. The summed E-state index contributed by atoms with van der Waals surface area (Å²) in [6.07, 6.45) is 0.609. The molecule has 0 saturated heterocycles. The molecule has 25 heavy (non-hydrogen) atoms. The van der Waals surface area contributed by atoms with Crippen molar-refractivity contribution in [2.75, 3.05) is 6.61 Å². The van der Waals surface area contributed by atoms with E-state index in [1.165, 1.54) is 0 Å². The average molecular weight is 342 g/mol. The number of nitrogens with one attached hydrogen (secondary N) is 1. The molecule has 0 aliphatic rings. The third-order valence-electron chi connectivity index (χ3n) is 4.17. The maximum Gasteiger partial charge on any atom is 0.306 e. The molecule has 7 nitrogen and oxygen atoms in total. The van der Waals surface area contributed by atoms with E-state index in [-0.39, 0.29) is 24.6 Å². The van der Waals surface area contributed by atoms with Crippen LogP contribution >= 0.6 is 0 Å². The number of carbonyl (C=O) groups excluding carboxylic acids is 1. The van der Waals surface area contributed by atoms with Crippen LogP contribution in [0.25, 0.3) is 0 Å². The normalized spacial score (nSPS) is 10.5. The molecule has 7 heteroatoms. The van der Waals surface area contributed by atoms with Gasteiger partial charge in [0, 0.05) is 17.8 Å². The van der Waals surface area contributed by atoms with Gasteiger partial charge in [-0.25, -0.2) is 0 Å². The van der Waals surface area contributed by atoms with Crippen molar-refractivity contribution in [3.05, 3.63) is 50.2 Å². The zero-order valence-electron chi connectivity index (χ0n) is 15.0. The first-order valence-electron chi connectivity index (χ1n) is 8.12. The summed E-state index contributed by atoms with van der Waals surface area (Å²) in [5.41, 5.74) is 3.77. The van der Waals surface area contributed by atoms with E-state index in [2.05, 4.69) is 10.1 Å². The van der Waals surface area contributed by atoms with Gasteiger partial charge in [0.15, 0.2) is 0 Å². The molecule has 2 aromatic rings. The maximum atomic E-state index is 12.0. The minimum atomic E-state index is -0.395. The zero-order valence-corrected chi connectivity index (χ0v) is 15.0. The van der Waals surface area contributed by atoms with Gasteiger partial charge in [-0.05, 0) is 51.3 Å². The number of aryl methyl sites for hydroxylation is 3. The molecule has 132 valence electrons. The summed E-state index contributed by atoms with van der Waals surface area (Å²) in [5.74, 6) is -0.315. The van der Waals surface area contributed by atoms with Crippen molar-refractivity contribution in [1.29, 1.82) is 5.26 Å². The van der Waals surface area contributed by atoms with Crippen LogP contribution in [0.15, 0.2) is 10.9 Å². The minimum absolute atomic E-state index is 0.0958. The fourth-order valence-corrected chi connectivity index (χ4v) is 2.87. The Balaban J connectivity index is 1.91. The molecule has 0 aliphatic carbocycles. The van der Waals surface area contributed by atoms with Crippen LogP contribution in [0.2, 0.25) is 0 Å². The predicted molar refractivity (Wildman–Crippen MR) is 92.2 cm³/mol. The second-order valence-corrected chi connectivity index (χ2v) is 6.04. The van der Waals surface area contributed by atoms with Crippen molar-refractivity contribution in [1.82, 2.24) is 14.8 Å². The number of rotatable bonds is 6. The molecule has 0 bridgehead atoms. The quantitative estimate of drug-likeness (QED) is 0.807. The van der Waals surface area contributed by atoms with E-state index in [0.29, 0.717) is 24.2 Å². The minimum Gasteiger partial charge on any atom is -0.464 e. The first kappa shape index (κ1) is 18.5. The van der Waals surface area contributed by atoms with Crippen molar-refractivity contribution in [3.63, 3.8) is 0 Å². The van der Waals surface area contributed by atoms with Gasteiger partial charge in [-0.2, -0.15) is 10.4 Å². The highest BCUT2D eigenvalue weighted by atomic mass is 16.5. The number of nitriles is 1.